The lowest BCUT2D eigenvalue weighted by Gasteiger charge is -2.67. The van der Waals surface area contributed by atoms with E-state index in [2.05, 4.69) is 57.7 Å². The lowest BCUT2D eigenvalue weighted by Crippen LogP contribution is -2.61. The summed E-state index contributed by atoms with van der Waals surface area (Å²) in [5.74, 6) is 4.16. The summed E-state index contributed by atoms with van der Waals surface area (Å²) >= 11 is 0. The molecule has 5 aliphatic carbocycles. The number of rotatable bonds is 2. The predicted molar refractivity (Wildman–Crippen MR) is 156 cm³/mol. The largest absolute Gasteiger partial charge is 0.420 e. The van der Waals surface area contributed by atoms with Crippen molar-refractivity contribution in [2.75, 3.05) is 0 Å². The Hall–Kier alpha value is -2.30. The minimum absolute atomic E-state index is 0.0698. The molecule has 4 fully saturated rings. The molecule has 0 unspecified atom stereocenters. The van der Waals surface area contributed by atoms with Crippen LogP contribution in [0.3, 0.4) is 0 Å². The normalized spacial score (nSPS) is 41.6. The zero-order chi connectivity index (χ0) is 28.1. The first-order chi connectivity index (χ1) is 18.9. The molecule has 5 heteroatoms. The molecule has 0 saturated heterocycles. The van der Waals surface area contributed by atoms with E-state index in [4.69, 9.17) is 9.52 Å². The van der Waals surface area contributed by atoms with Gasteiger partial charge in [0.1, 0.15) is 5.78 Å². The van der Waals surface area contributed by atoms with Crippen LogP contribution in [0, 0.1) is 45.3 Å². The van der Waals surface area contributed by atoms with Crippen molar-refractivity contribution in [3.63, 3.8) is 0 Å². The topological polar surface area (TPSA) is 68.9 Å². The highest BCUT2D eigenvalue weighted by atomic mass is 16.4. The predicted octanol–water partition coefficient (Wildman–Crippen LogP) is 8.36. The van der Waals surface area contributed by atoms with Crippen LogP contribution < -0.4 is 0 Å². The number of nitrogens with zero attached hydrogens (tertiary/aromatic N) is 3. The maximum absolute atomic E-state index is 13.0. The molecule has 0 radical (unpaired) electrons. The van der Waals surface area contributed by atoms with E-state index in [1.54, 1.807) is 18.0 Å². The molecule has 5 nitrogen and oxygen atoms in total. The van der Waals surface area contributed by atoms with Crippen LogP contribution in [0.4, 0.5) is 0 Å². The van der Waals surface area contributed by atoms with Gasteiger partial charge in [0.2, 0.25) is 11.8 Å². The van der Waals surface area contributed by atoms with E-state index in [-0.39, 0.29) is 21.7 Å². The van der Waals surface area contributed by atoms with Crippen molar-refractivity contribution in [2.24, 2.45) is 45.3 Å². The van der Waals surface area contributed by atoms with Gasteiger partial charge in [-0.25, -0.2) is 0 Å². The highest BCUT2D eigenvalue weighted by Crippen LogP contribution is 2.71. The van der Waals surface area contributed by atoms with Crippen molar-refractivity contribution in [3.05, 3.63) is 42.1 Å². The molecule has 0 aliphatic heterocycles. The molecule has 2 aromatic rings. The first-order valence-corrected chi connectivity index (χ1v) is 15.9. The molecule has 7 atom stereocenters. The number of carbonyl (C=O) groups excluding carboxylic acids is 1. The second-order valence-corrected chi connectivity index (χ2v) is 16.1. The van der Waals surface area contributed by atoms with E-state index in [1.807, 2.05) is 12.1 Å². The van der Waals surface area contributed by atoms with E-state index in [0.717, 1.165) is 43.6 Å². The quantitative estimate of drug-likeness (QED) is 0.357. The Balaban J connectivity index is 1.28. The Morgan fingerprint density at radius 2 is 1.60 bits per heavy atom. The van der Waals surface area contributed by atoms with Crippen molar-refractivity contribution in [1.82, 2.24) is 15.2 Å². The van der Waals surface area contributed by atoms with Gasteiger partial charge in [0.15, 0.2) is 0 Å². The smallest absolute Gasteiger partial charge is 0.247 e. The molecular weight excluding hydrogens is 494 g/mol. The first-order valence-electron chi connectivity index (χ1n) is 15.9. The van der Waals surface area contributed by atoms with Gasteiger partial charge in [-0.3, -0.25) is 9.78 Å². The van der Waals surface area contributed by atoms with E-state index in [0.29, 0.717) is 40.8 Å². The summed E-state index contributed by atoms with van der Waals surface area (Å²) < 4.78 is 6.56. The first kappa shape index (κ1) is 26.6. The number of hydrogen-bond acceptors (Lipinski definition) is 5. The average molecular weight is 542 g/mol. The monoisotopic (exact) mass is 541 g/mol. The van der Waals surface area contributed by atoms with Crippen LogP contribution in [0.25, 0.3) is 11.5 Å². The van der Waals surface area contributed by atoms with Crippen LogP contribution in [0.5, 0.6) is 0 Å². The third kappa shape index (κ3) is 3.57. The maximum atomic E-state index is 13.0. The van der Waals surface area contributed by atoms with Crippen LogP contribution in [0.2, 0.25) is 0 Å². The molecule has 214 valence electrons. The summed E-state index contributed by atoms with van der Waals surface area (Å²) in [7, 11) is 0. The van der Waals surface area contributed by atoms with Gasteiger partial charge in [-0.2, -0.15) is 0 Å². The minimum Gasteiger partial charge on any atom is -0.420 e. The lowest BCUT2D eigenvalue weighted by atomic mass is 9.37. The molecule has 5 aliphatic rings. The van der Waals surface area contributed by atoms with Crippen LogP contribution in [0.1, 0.15) is 112 Å². The Morgan fingerprint density at radius 3 is 2.38 bits per heavy atom. The highest BCUT2D eigenvalue weighted by molar-refractivity contribution is 5.85. The summed E-state index contributed by atoms with van der Waals surface area (Å²) in [4.78, 5) is 17.2. The summed E-state index contributed by atoms with van der Waals surface area (Å²) in [6, 6.07) is 3.91. The molecule has 0 amide bonds. The van der Waals surface area contributed by atoms with E-state index in [9.17, 15) is 4.79 Å². The Morgan fingerprint density at radius 1 is 0.825 bits per heavy atom. The van der Waals surface area contributed by atoms with Crippen molar-refractivity contribution in [1.29, 1.82) is 0 Å². The fourth-order valence-corrected chi connectivity index (χ4v) is 11.1. The standard InChI is InChI=1S/C35H47N3O2/c1-31(2)17-18-35(30-38-37-29(40-30)22-12-19-36-20-13-22)16-9-24-23(25(35)21-31)7-8-27-33(24,5)14-10-26-32(3,4)28(39)11-15-34(26,27)6/h7,12-13,19-20,24-27H,8-11,14-18,21H2,1-6H3/t24-,25-,26-,27-,33-,34-,35+/m0/s1. The fraction of sp³-hybridized carbons (Fsp3) is 0.714. The number of fused-ring (bicyclic) bond motifs is 7. The molecule has 0 N–H and O–H groups in total. The Bertz CT molecular complexity index is 1360. The van der Waals surface area contributed by atoms with Crippen molar-refractivity contribution >= 4 is 5.78 Å². The number of Topliss-reactive ketones (excluding diaryl/α,β-unsaturated/α-hetero) is 1. The minimum atomic E-state index is -0.197. The van der Waals surface area contributed by atoms with Gasteiger partial charge >= 0.3 is 0 Å². The van der Waals surface area contributed by atoms with E-state index >= 15 is 0 Å². The van der Waals surface area contributed by atoms with Crippen molar-refractivity contribution in [3.8, 4) is 11.5 Å². The third-order valence-electron chi connectivity index (χ3n) is 13.4. The number of allylic oxidation sites excluding steroid dienone is 2. The fourth-order valence-electron chi connectivity index (χ4n) is 11.1. The summed E-state index contributed by atoms with van der Waals surface area (Å²) in [5.41, 5.74) is 3.21. The second kappa shape index (κ2) is 8.61. The van der Waals surface area contributed by atoms with Gasteiger partial charge in [-0.05, 0) is 110 Å². The van der Waals surface area contributed by atoms with Gasteiger partial charge in [-0.1, -0.05) is 53.2 Å². The number of carbonyl (C=O) groups is 1. The number of ketones is 1. The molecule has 7 rings (SSSR count). The molecule has 0 aromatic carbocycles. The van der Waals surface area contributed by atoms with Crippen molar-refractivity contribution in [2.45, 2.75) is 111 Å². The van der Waals surface area contributed by atoms with Gasteiger partial charge in [0.05, 0.1) is 5.41 Å². The molecule has 2 heterocycles. The van der Waals surface area contributed by atoms with Gasteiger partial charge in [0.25, 0.3) is 0 Å². The van der Waals surface area contributed by atoms with E-state index in [1.165, 1.54) is 32.1 Å². The van der Waals surface area contributed by atoms with Crippen LogP contribution in [0.15, 0.2) is 40.6 Å². The van der Waals surface area contributed by atoms with Crippen LogP contribution in [-0.4, -0.2) is 21.0 Å². The van der Waals surface area contributed by atoms with Gasteiger partial charge in [-0.15, -0.1) is 10.2 Å². The molecular formula is C35H47N3O2. The van der Waals surface area contributed by atoms with Crippen LogP contribution >= 0.6 is 0 Å². The molecule has 2 aromatic heterocycles. The van der Waals surface area contributed by atoms with Crippen LogP contribution in [-0.2, 0) is 10.2 Å². The Labute approximate surface area is 240 Å². The zero-order valence-corrected chi connectivity index (χ0v) is 25.4. The molecule has 0 spiro atoms. The third-order valence-corrected chi connectivity index (χ3v) is 13.4. The maximum Gasteiger partial charge on any atom is 0.247 e. The molecule has 4 saturated carbocycles. The Kier molecular flexibility index (Phi) is 5.72. The number of aromatic nitrogens is 3. The second-order valence-electron chi connectivity index (χ2n) is 16.1. The molecule has 0 bridgehead atoms. The van der Waals surface area contributed by atoms with Crippen molar-refractivity contribution < 1.29 is 9.21 Å². The summed E-state index contributed by atoms with van der Waals surface area (Å²) in [6.45, 7) is 14.6. The highest BCUT2D eigenvalue weighted by Gasteiger charge is 2.65. The summed E-state index contributed by atoms with van der Waals surface area (Å²) in [6.07, 6.45) is 17.5. The summed E-state index contributed by atoms with van der Waals surface area (Å²) in [5, 5.41) is 9.32. The zero-order valence-electron chi connectivity index (χ0n) is 25.4. The number of pyridine rings is 1. The van der Waals surface area contributed by atoms with E-state index < -0.39 is 0 Å². The molecule has 40 heavy (non-hydrogen) atoms. The average Bonchev–Trinajstić information content (AvgIpc) is 3.42. The lowest BCUT2D eigenvalue weighted by molar-refractivity contribution is -0.168. The van der Waals surface area contributed by atoms with Gasteiger partial charge < -0.3 is 4.42 Å². The number of hydrogen-bond donors (Lipinski definition) is 0. The van der Waals surface area contributed by atoms with Gasteiger partial charge in [0, 0.05) is 29.8 Å². The SMILES string of the molecule is CC1(C)CC[C@]2(c3nnc(-c4ccncc4)o3)CC[C@H]3C(=CC[C@H]4[C@@]3(C)CC[C@H]3C(C)(C)C(=O)CC[C@]43C)[C@@H]2C1.